The second kappa shape index (κ2) is 11.8. The molecule has 0 N–H and O–H groups in total. The zero-order valence-electron chi connectivity index (χ0n) is 30.6. The minimum absolute atomic E-state index is 0.308. The lowest BCUT2D eigenvalue weighted by atomic mass is 9.85. The predicted molar refractivity (Wildman–Crippen MR) is 228 cm³/mol. The third-order valence-electron chi connectivity index (χ3n) is 11.8. The van der Waals surface area contributed by atoms with Crippen molar-refractivity contribution in [1.82, 2.24) is 9.13 Å². The average molecular weight is 740 g/mol. The van der Waals surface area contributed by atoms with E-state index in [1.54, 1.807) is 0 Å². The smallest absolute Gasteiger partial charge is 0.145 e. The Hall–Kier alpha value is -8.49. The fourth-order valence-electron chi connectivity index (χ4n) is 9.41. The Morgan fingerprint density at radius 2 is 1.33 bits per heavy atom. The van der Waals surface area contributed by atoms with E-state index < -0.39 is 0 Å². The highest BCUT2D eigenvalue weighted by atomic mass is 16.3. The summed E-state index contributed by atoms with van der Waals surface area (Å²) in [6.45, 7) is 0. The second-order valence-electron chi connectivity index (χ2n) is 14.7. The number of fused-ring (bicyclic) bond motifs is 13. The van der Waals surface area contributed by atoms with Crippen molar-refractivity contribution in [1.29, 1.82) is 15.8 Å². The maximum atomic E-state index is 11.0. The summed E-state index contributed by atoms with van der Waals surface area (Å²) >= 11 is 0. The van der Waals surface area contributed by atoms with Crippen LogP contribution in [0.25, 0.3) is 104 Å². The van der Waals surface area contributed by atoms with Crippen molar-refractivity contribution in [2.75, 3.05) is 0 Å². The van der Waals surface area contributed by atoms with Gasteiger partial charge in [-0.2, -0.15) is 15.8 Å². The molecule has 7 nitrogen and oxygen atoms in total. The molecule has 0 bridgehead atoms. The molecule has 0 saturated heterocycles. The number of aromatic nitrogens is 2. The van der Waals surface area contributed by atoms with Gasteiger partial charge in [0.05, 0.1) is 50.5 Å². The fraction of sp³-hybridized carbons (Fsp3) is 0.0392. The molecule has 11 aromatic rings. The summed E-state index contributed by atoms with van der Waals surface area (Å²) in [4.78, 5) is 0. The van der Waals surface area contributed by atoms with Crippen molar-refractivity contribution in [3.05, 3.63) is 162 Å². The number of hydrogen-bond acceptors (Lipinski definition) is 5. The largest absolute Gasteiger partial charge is 0.456 e. The standard InChI is InChI=1S/C51H25N5O2/c52-26-29-20-21-35(50(40(29)28-54)56-41-16-5-1-11-31(41)38-25-47-39(24-44(38)56)33-13-4-7-18-45(33)57-47)34-15-9-10-30(27-53)49(34)55-42-17-6-2-14-37(42)48-43(55)23-22-36-32-12-3-8-19-46(32)58-51(36)48/h1-5,7-16,18-19,22-25H,20-21H2. The van der Waals surface area contributed by atoms with Crippen LogP contribution in [0.1, 0.15) is 24.0 Å². The van der Waals surface area contributed by atoms with Gasteiger partial charge in [0, 0.05) is 48.8 Å². The quantitative estimate of drug-likeness (QED) is 0.179. The van der Waals surface area contributed by atoms with Gasteiger partial charge in [0.15, 0.2) is 0 Å². The molecule has 1 aliphatic carbocycles. The summed E-state index contributed by atoms with van der Waals surface area (Å²) in [6.07, 6.45) is 0.825. The first-order valence-corrected chi connectivity index (χ1v) is 19.0. The Bertz CT molecular complexity index is 3840. The predicted octanol–water partition coefficient (Wildman–Crippen LogP) is 12.7. The number of rotatable bonds is 3. The van der Waals surface area contributed by atoms with Crippen LogP contribution in [0.5, 0.6) is 0 Å². The Labute approximate surface area is 330 Å². The van der Waals surface area contributed by atoms with Crippen LogP contribution in [-0.4, -0.2) is 9.13 Å². The lowest BCUT2D eigenvalue weighted by Gasteiger charge is -2.25. The molecule has 7 heteroatoms. The van der Waals surface area contributed by atoms with Crippen LogP contribution in [0.2, 0.25) is 0 Å². The lowest BCUT2D eigenvalue weighted by molar-refractivity contribution is 0.669. The molecule has 0 saturated carbocycles. The topological polar surface area (TPSA) is 108 Å². The first-order chi connectivity index (χ1) is 28.7. The van der Waals surface area contributed by atoms with E-state index in [-0.39, 0.29) is 0 Å². The molecule has 4 heterocycles. The first kappa shape index (κ1) is 31.8. The van der Waals surface area contributed by atoms with Gasteiger partial charge >= 0.3 is 0 Å². The molecule has 1 aliphatic rings. The summed E-state index contributed by atoms with van der Waals surface area (Å²) in [7, 11) is 0. The van der Waals surface area contributed by atoms with Crippen LogP contribution in [0.4, 0.5) is 0 Å². The summed E-state index contributed by atoms with van der Waals surface area (Å²) in [6, 6.07) is 56.1. The van der Waals surface area contributed by atoms with Crippen molar-refractivity contribution >= 4 is 98.8 Å². The highest BCUT2D eigenvalue weighted by Crippen LogP contribution is 2.48. The molecule has 0 spiro atoms. The third kappa shape index (κ3) is 4.14. The summed E-state index contributed by atoms with van der Waals surface area (Å²) in [5, 5.41) is 40.2. The Morgan fingerprint density at radius 1 is 0.552 bits per heavy atom. The lowest BCUT2D eigenvalue weighted by Crippen LogP contribution is -2.12. The van der Waals surface area contributed by atoms with Gasteiger partial charge in [-0.15, -0.1) is 0 Å². The molecular weight excluding hydrogens is 715 g/mol. The molecule has 0 fully saturated rings. The molecule has 12 rings (SSSR count). The molecule has 58 heavy (non-hydrogen) atoms. The van der Waals surface area contributed by atoms with Crippen LogP contribution in [0.15, 0.2) is 147 Å². The van der Waals surface area contributed by atoms with E-state index in [0.29, 0.717) is 40.9 Å². The van der Waals surface area contributed by atoms with Gasteiger partial charge in [-0.3, -0.25) is 4.57 Å². The molecular formula is C51H25N5O2. The van der Waals surface area contributed by atoms with E-state index in [4.69, 9.17) is 8.83 Å². The van der Waals surface area contributed by atoms with E-state index in [0.717, 1.165) is 98.6 Å². The Morgan fingerprint density at radius 3 is 2.14 bits per heavy atom. The van der Waals surface area contributed by atoms with Gasteiger partial charge in [0.1, 0.15) is 40.0 Å². The van der Waals surface area contributed by atoms with Crippen molar-refractivity contribution in [2.45, 2.75) is 12.8 Å². The number of nitriles is 3. The van der Waals surface area contributed by atoms with E-state index in [1.807, 2.05) is 78.9 Å². The zero-order chi connectivity index (χ0) is 38.6. The van der Waals surface area contributed by atoms with Crippen molar-refractivity contribution in [3.8, 4) is 23.9 Å². The molecule has 0 amide bonds. The third-order valence-corrected chi connectivity index (χ3v) is 11.8. The van der Waals surface area contributed by atoms with Crippen LogP contribution >= 0.6 is 0 Å². The van der Waals surface area contributed by atoms with Crippen LogP contribution in [-0.2, 0) is 0 Å². The second-order valence-corrected chi connectivity index (χ2v) is 14.7. The normalized spacial score (nSPS) is 13.4. The number of furan rings is 2. The van der Waals surface area contributed by atoms with Crippen molar-refractivity contribution < 1.29 is 8.83 Å². The Kier molecular flexibility index (Phi) is 6.45. The van der Waals surface area contributed by atoms with Crippen molar-refractivity contribution in [2.24, 2.45) is 0 Å². The highest BCUT2D eigenvalue weighted by molar-refractivity contribution is 6.24. The van der Waals surface area contributed by atoms with Crippen LogP contribution in [0.3, 0.4) is 0 Å². The fourth-order valence-corrected chi connectivity index (χ4v) is 9.41. The van der Waals surface area contributed by atoms with E-state index in [9.17, 15) is 15.8 Å². The zero-order valence-corrected chi connectivity index (χ0v) is 30.6. The van der Waals surface area contributed by atoms with Gasteiger partial charge in [-0.25, -0.2) is 0 Å². The molecule has 266 valence electrons. The average Bonchev–Trinajstić information content (AvgIpc) is 4.02. The number of allylic oxidation sites excluding steroid dienone is 4. The summed E-state index contributed by atoms with van der Waals surface area (Å²) in [5.74, 6) is 0. The van der Waals surface area contributed by atoms with Gasteiger partial charge in [0.25, 0.3) is 0 Å². The first-order valence-electron chi connectivity index (χ1n) is 19.0. The molecule has 0 aliphatic heterocycles. The van der Waals surface area contributed by atoms with E-state index in [2.05, 4.69) is 88.0 Å². The SMILES string of the molecule is N#CC1=C(C#N)C(n2c3ccccc3c3cc4oc5ccccc5c4cc32)=C(c2cccc(C#N)c2-n2c3c#cccc3c3c4oc5ccccc5c4ccc32)CC1. The monoisotopic (exact) mass is 739 g/mol. The summed E-state index contributed by atoms with van der Waals surface area (Å²) in [5.41, 5.74) is 10.6. The Balaban J connectivity index is 1.24. The molecule has 0 atom stereocenters. The highest BCUT2D eigenvalue weighted by Gasteiger charge is 2.31. The minimum Gasteiger partial charge on any atom is -0.456 e. The maximum absolute atomic E-state index is 11.0. The molecule has 0 radical (unpaired) electrons. The van der Waals surface area contributed by atoms with Crippen LogP contribution < -0.4 is 0 Å². The number of nitrogens with zero attached hydrogens (tertiary/aromatic N) is 5. The number of para-hydroxylation sites is 4. The van der Waals surface area contributed by atoms with Crippen molar-refractivity contribution in [3.63, 3.8) is 0 Å². The maximum Gasteiger partial charge on any atom is 0.145 e. The van der Waals surface area contributed by atoms with E-state index in [1.165, 1.54) is 0 Å². The van der Waals surface area contributed by atoms with Gasteiger partial charge in [-0.1, -0.05) is 72.8 Å². The number of hydrogen-bond donors (Lipinski definition) is 0. The van der Waals surface area contributed by atoms with E-state index >= 15 is 0 Å². The van der Waals surface area contributed by atoms with Crippen LogP contribution in [0, 0.1) is 46.1 Å². The molecule has 4 aromatic heterocycles. The van der Waals surface area contributed by atoms with Gasteiger partial charge in [0.2, 0.25) is 0 Å². The summed E-state index contributed by atoms with van der Waals surface area (Å²) < 4.78 is 17.2. The van der Waals surface area contributed by atoms with Gasteiger partial charge in [-0.05, 0) is 85.1 Å². The molecule has 0 unspecified atom stereocenters. The van der Waals surface area contributed by atoms with Gasteiger partial charge < -0.3 is 13.4 Å². The number of benzene rings is 6. The minimum atomic E-state index is 0.308. The molecule has 7 aromatic carbocycles.